The Morgan fingerprint density at radius 1 is 1.15 bits per heavy atom. The lowest BCUT2D eigenvalue weighted by Gasteiger charge is -2.20. The smallest absolute Gasteiger partial charge is 0.269 e. The summed E-state index contributed by atoms with van der Waals surface area (Å²) in [5, 5.41) is 4.58. The Labute approximate surface area is 152 Å². The molecule has 0 radical (unpaired) electrons. The van der Waals surface area contributed by atoms with Crippen molar-refractivity contribution in [3.05, 3.63) is 41.5 Å². The number of nitrogens with zero attached hydrogens (tertiary/aromatic N) is 1. The standard InChI is InChI=1S/C19H23NO6/c1-5-10-19(3,4)25-26-24-17(22)12-14-6-8-15(9-7-14)20-16(21)11-13(2)18(20)23/h6-9,11H,5,10,12H2,1-4H3. The summed E-state index contributed by atoms with van der Waals surface area (Å²) >= 11 is 0. The van der Waals surface area contributed by atoms with Crippen LogP contribution in [0.4, 0.5) is 5.69 Å². The van der Waals surface area contributed by atoms with E-state index in [0.29, 0.717) is 16.8 Å². The van der Waals surface area contributed by atoms with Crippen LogP contribution < -0.4 is 4.90 Å². The van der Waals surface area contributed by atoms with E-state index in [9.17, 15) is 14.4 Å². The highest BCUT2D eigenvalue weighted by Crippen LogP contribution is 2.23. The van der Waals surface area contributed by atoms with E-state index >= 15 is 0 Å². The molecular formula is C19H23NO6. The first-order valence-corrected chi connectivity index (χ1v) is 8.44. The van der Waals surface area contributed by atoms with Crippen molar-refractivity contribution in [2.75, 3.05) is 4.90 Å². The van der Waals surface area contributed by atoms with E-state index in [1.807, 2.05) is 20.8 Å². The van der Waals surface area contributed by atoms with Gasteiger partial charge in [0.05, 0.1) is 12.1 Å². The lowest BCUT2D eigenvalue weighted by molar-refractivity contribution is -0.517. The Morgan fingerprint density at radius 3 is 2.35 bits per heavy atom. The Morgan fingerprint density at radius 2 is 1.81 bits per heavy atom. The minimum atomic E-state index is -0.615. The van der Waals surface area contributed by atoms with Crippen molar-refractivity contribution in [1.29, 1.82) is 0 Å². The van der Waals surface area contributed by atoms with Gasteiger partial charge < -0.3 is 0 Å². The maximum Gasteiger partial charge on any atom is 0.349 e. The van der Waals surface area contributed by atoms with Crippen LogP contribution in [0.1, 0.15) is 46.1 Å². The van der Waals surface area contributed by atoms with Crippen LogP contribution >= 0.6 is 0 Å². The van der Waals surface area contributed by atoms with Gasteiger partial charge in [0.1, 0.15) is 5.60 Å². The first kappa shape index (κ1) is 19.8. The van der Waals surface area contributed by atoms with Crippen molar-refractivity contribution in [3.63, 3.8) is 0 Å². The zero-order valence-electron chi connectivity index (χ0n) is 15.4. The highest BCUT2D eigenvalue weighted by atomic mass is 17.5. The monoisotopic (exact) mass is 361 g/mol. The first-order chi connectivity index (χ1) is 12.2. The molecule has 7 heteroatoms. The molecule has 1 aliphatic rings. The number of amides is 2. The second-order valence-corrected chi connectivity index (χ2v) is 6.77. The van der Waals surface area contributed by atoms with E-state index in [4.69, 9.17) is 4.89 Å². The van der Waals surface area contributed by atoms with Crippen LogP contribution in [0.3, 0.4) is 0 Å². The van der Waals surface area contributed by atoms with Crippen LogP contribution in [-0.2, 0) is 35.6 Å². The average Bonchev–Trinajstić information content (AvgIpc) is 2.80. The largest absolute Gasteiger partial charge is 0.349 e. The van der Waals surface area contributed by atoms with E-state index in [0.717, 1.165) is 17.7 Å². The molecule has 7 nitrogen and oxygen atoms in total. The molecule has 0 saturated heterocycles. The van der Waals surface area contributed by atoms with Crippen molar-refractivity contribution in [2.24, 2.45) is 0 Å². The maximum atomic E-state index is 12.0. The molecule has 0 atom stereocenters. The minimum Gasteiger partial charge on any atom is -0.269 e. The lowest BCUT2D eigenvalue weighted by atomic mass is 10.0. The number of rotatable bonds is 8. The number of benzene rings is 1. The number of carbonyl (C=O) groups excluding carboxylic acids is 3. The van der Waals surface area contributed by atoms with Gasteiger partial charge in [0.2, 0.25) is 0 Å². The molecule has 1 aliphatic heterocycles. The summed E-state index contributed by atoms with van der Waals surface area (Å²) in [6, 6.07) is 6.50. The van der Waals surface area contributed by atoms with Crippen LogP contribution in [0.25, 0.3) is 0 Å². The van der Waals surface area contributed by atoms with Crippen LogP contribution in [-0.4, -0.2) is 23.4 Å². The molecular weight excluding hydrogens is 338 g/mol. The summed E-state index contributed by atoms with van der Waals surface area (Å²) in [4.78, 5) is 46.3. The van der Waals surface area contributed by atoms with Gasteiger partial charge in [-0.1, -0.05) is 25.5 Å². The van der Waals surface area contributed by atoms with E-state index < -0.39 is 11.6 Å². The molecule has 2 rings (SSSR count). The van der Waals surface area contributed by atoms with Crippen LogP contribution in [0, 0.1) is 0 Å². The fourth-order valence-corrected chi connectivity index (χ4v) is 2.58. The van der Waals surface area contributed by atoms with E-state index in [1.54, 1.807) is 31.2 Å². The summed E-state index contributed by atoms with van der Waals surface area (Å²) in [7, 11) is 0. The molecule has 1 aromatic carbocycles. The van der Waals surface area contributed by atoms with Gasteiger partial charge in [0, 0.05) is 11.6 Å². The Kier molecular flexibility index (Phi) is 6.28. The van der Waals surface area contributed by atoms with Crippen molar-refractivity contribution in [3.8, 4) is 0 Å². The third kappa shape index (κ3) is 5.00. The van der Waals surface area contributed by atoms with E-state index in [1.165, 1.54) is 6.08 Å². The highest BCUT2D eigenvalue weighted by Gasteiger charge is 2.29. The molecule has 2 amide bonds. The molecule has 0 N–H and O–H groups in total. The normalized spacial score (nSPS) is 14.6. The van der Waals surface area contributed by atoms with Crippen LogP contribution in [0.15, 0.2) is 35.9 Å². The van der Waals surface area contributed by atoms with Crippen molar-refractivity contribution in [1.82, 2.24) is 0 Å². The summed E-state index contributed by atoms with van der Waals surface area (Å²) in [6.07, 6.45) is 2.93. The van der Waals surface area contributed by atoms with Gasteiger partial charge in [-0.2, -0.15) is 4.89 Å². The number of hydrogen-bond acceptors (Lipinski definition) is 6. The van der Waals surface area contributed by atoms with Crippen molar-refractivity contribution >= 4 is 23.5 Å². The quantitative estimate of drug-likeness (QED) is 0.402. The molecule has 0 fully saturated rings. The SMILES string of the molecule is CCCC(C)(C)OOOC(=O)Cc1ccc(N2C(=O)C=C(C)C2=O)cc1. The Bertz CT molecular complexity index is 720. The zero-order chi connectivity index (χ0) is 19.3. The molecule has 1 aromatic rings. The molecule has 0 bridgehead atoms. The number of imide groups is 1. The van der Waals surface area contributed by atoms with Gasteiger partial charge in [-0.3, -0.25) is 14.5 Å². The predicted octanol–water partition coefficient (Wildman–Crippen LogP) is 3.03. The fraction of sp³-hybridized carbons (Fsp3) is 0.421. The van der Waals surface area contributed by atoms with Crippen molar-refractivity contribution in [2.45, 2.75) is 52.6 Å². The fourth-order valence-electron chi connectivity index (χ4n) is 2.58. The molecule has 0 aliphatic carbocycles. The maximum absolute atomic E-state index is 12.0. The van der Waals surface area contributed by atoms with Gasteiger partial charge in [-0.25, -0.2) is 9.69 Å². The van der Waals surface area contributed by atoms with E-state index in [-0.39, 0.29) is 18.2 Å². The minimum absolute atomic E-state index is 0.0307. The third-order valence-corrected chi connectivity index (χ3v) is 3.88. The molecule has 1 heterocycles. The Hall–Kier alpha value is -2.51. The van der Waals surface area contributed by atoms with Gasteiger partial charge in [-0.15, -0.1) is 0 Å². The number of anilines is 1. The van der Waals surface area contributed by atoms with Gasteiger partial charge >= 0.3 is 5.97 Å². The second-order valence-electron chi connectivity index (χ2n) is 6.77. The van der Waals surface area contributed by atoms with Gasteiger partial charge in [0.15, 0.2) is 0 Å². The van der Waals surface area contributed by atoms with Gasteiger partial charge in [-0.05, 0) is 49.9 Å². The summed E-state index contributed by atoms with van der Waals surface area (Å²) in [6.45, 7) is 7.27. The van der Waals surface area contributed by atoms with Gasteiger partial charge in [0.25, 0.3) is 11.8 Å². The molecule has 26 heavy (non-hydrogen) atoms. The lowest BCUT2D eigenvalue weighted by Crippen LogP contribution is -2.30. The molecule has 0 unspecified atom stereocenters. The number of hydrogen-bond donors (Lipinski definition) is 0. The first-order valence-electron chi connectivity index (χ1n) is 8.44. The summed E-state index contributed by atoms with van der Waals surface area (Å²) in [5.41, 5.74) is 0.952. The molecule has 0 spiro atoms. The average molecular weight is 361 g/mol. The molecule has 140 valence electrons. The highest BCUT2D eigenvalue weighted by molar-refractivity contribution is 6.30. The van der Waals surface area contributed by atoms with Crippen LogP contribution in [0.5, 0.6) is 0 Å². The molecule has 0 saturated carbocycles. The third-order valence-electron chi connectivity index (χ3n) is 3.88. The molecule has 0 aromatic heterocycles. The van der Waals surface area contributed by atoms with Crippen molar-refractivity contribution < 1.29 is 29.2 Å². The topological polar surface area (TPSA) is 82.1 Å². The predicted molar refractivity (Wildman–Crippen MR) is 93.6 cm³/mol. The van der Waals surface area contributed by atoms with E-state index in [2.05, 4.69) is 9.93 Å². The zero-order valence-corrected chi connectivity index (χ0v) is 15.4. The number of carbonyl (C=O) groups is 3. The van der Waals surface area contributed by atoms with Crippen LogP contribution in [0.2, 0.25) is 0 Å². The summed E-state index contributed by atoms with van der Waals surface area (Å²) < 4.78 is 0. The summed E-state index contributed by atoms with van der Waals surface area (Å²) in [5.74, 6) is -1.34. The second kappa shape index (κ2) is 8.25. The Balaban J connectivity index is 1.86.